The van der Waals surface area contributed by atoms with Crippen LogP contribution in [0.3, 0.4) is 0 Å². The number of rotatable bonds is 5. The van der Waals surface area contributed by atoms with Crippen molar-refractivity contribution in [2.75, 3.05) is 19.8 Å². The molecule has 5 heteroatoms. The fraction of sp³-hybridized carbons (Fsp3) is 0.368. The molecule has 1 atom stereocenters. The van der Waals surface area contributed by atoms with Gasteiger partial charge in [-0.25, -0.2) is 8.78 Å². The van der Waals surface area contributed by atoms with Gasteiger partial charge in [0.15, 0.2) is 11.5 Å². The molecule has 0 aromatic heterocycles. The molecule has 1 aliphatic rings. The summed E-state index contributed by atoms with van der Waals surface area (Å²) in [6.07, 6.45) is 0.828. The van der Waals surface area contributed by atoms with Crippen molar-refractivity contribution in [3.63, 3.8) is 0 Å². The van der Waals surface area contributed by atoms with Crippen LogP contribution in [0.25, 0.3) is 0 Å². The fourth-order valence-electron chi connectivity index (χ4n) is 3.27. The van der Waals surface area contributed by atoms with E-state index in [1.165, 1.54) is 18.2 Å². The van der Waals surface area contributed by atoms with Crippen molar-refractivity contribution < 1.29 is 23.6 Å². The van der Waals surface area contributed by atoms with Gasteiger partial charge in [0.05, 0.1) is 25.3 Å². The van der Waals surface area contributed by atoms with Crippen molar-refractivity contribution in [1.29, 1.82) is 0 Å². The second-order valence-electron chi connectivity index (χ2n) is 5.75. The van der Waals surface area contributed by atoms with Gasteiger partial charge in [-0.2, -0.15) is 0 Å². The van der Waals surface area contributed by atoms with Gasteiger partial charge in [-0.1, -0.05) is 6.07 Å². The molecule has 0 saturated heterocycles. The first-order valence-corrected chi connectivity index (χ1v) is 8.35. The fourth-order valence-corrected chi connectivity index (χ4v) is 3.27. The van der Waals surface area contributed by atoms with E-state index in [1.807, 2.05) is 31.3 Å². The predicted octanol–water partition coefficient (Wildman–Crippen LogP) is 2.97. The molecule has 3 rings (SSSR count). The Labute approximate surface area is 140 Å². The first kappa shape index (κ1) is 16.7. The molecular weight excluding hydrogens is 312 g/mol. The third kappa shape index (κ3) is 3.08. The Kier molecular flexibility index (Phi) is 5.00. The van der Waals surface area contributed by atoms with E-state index < -0.39 is 17.7 Å². The third-order valence-electron chi connectivity index (χ3n) is 4.27. The summed E-state index contributed by atoms with van der Waals surface area (Å²) in [6, 6.07) is 7.40. The van der Waals surface area contributed by atoms with Gasteiger partial charge >= 0.3 is 0 Å². The predicted molar refractivity (Wildman–Crippen MR) is 87.5 cm³/mol. The van der Waals surface area contributed by atoms with Crippen LogP contribution in [0, 0.1) is 11.6 Å². The highest BCUT2D eigenvalue weighted by molar-refractivity contribution is 5.50. The first-order chi connectivity index (χ1) is 11.7. The van der Waals surface area contributed by atoms with Crippen molar-refractivity contribution in [3.8, 4) is 11.5 Å². The SMILES string of the molecule is CCOc1cc2c(cc1OCC)[C@@H](c1c(F)cccc1F)[NH2+]CC2. The van der Waals surface area contributed by atoms with Gasteiger partial charge in [-0.3, -0.25) is 0 Å². The molecule has 0 amide bonds. The standard InChI is InChI=1S/C19H21F2NO2/c1-3-23-16-10-12-8-9-22-19(13(12)11-17(16)24-4-2)18-14(20)6-5-7-15(18)21/h5-7,10-11,19,22H,3-4,8-9H2,1-2H3/p+1/t19-/m0/s1. The molecule has 2 aromatic carbocycles. The second kappa shape index (κ2) is 7.18. The number of halogens is 2. The van der Waals surface area contributed by atoms with E-state index >= 15 is 0 Å². The smallest absolute Gasteiger partial charge is 0.161 e. The second-order valence-corrected chi connectivity index (χ2v) is 5.75. The van der Waals surface area contributed by atoms with Gasteiger partial charge < -0.3 is 14.8 Å². The zero-order chi connectivity index (χ0) is 17.1. The van der Waals surface area contributed by atoms with Crippen LogP contribution in [0.2, 0.25) is 0 Å². The van der Waals surface area contributed by atoms with E-state index in [2.05, 4.69) is 0 Å². The summed E-state index contributed by atoms with van der Waals surface area (Å²) in [4.78, 5) is 0. The summed E-state index contributed by atoms with van der Waals surface area (Å²) >= 11 is 0. The van der Waals surface area contributed by atoms with Crippen LogP contribution in [-0.4, -0.2) is 19.8 Å². The van der Waals surface area contributed by atoms with E-state index in [0.29, 0.717) is 24.7 Å². The minimum absolute atomic E-state index is 0.102. The Bertz CT molecular complexity index is 713. The maximum atomic E-state index is 14.3. The zero-order valence-electron chi connectivity index (χ0n) is 13.9. The minimum atomic E-state index is -0.518. The maximum Gasteiger partial charge on any atom is 0.161 e. The average Bonchev–Trinajstić information content (AvgIpc) is 2.56. The topological polar surface area (TPSA) is 35.1 Å². The number of nitrogens with two attached hydrogens (primary N) is 1. The summed E-state index contributed by atoms with van der Waals surface area (Å²) in [5.74, 6) is 0.273. The van der Waals surface area contributed by atoms with Crippen LogP contribution in [0.5, 0.6) is 11.5 Å². The van der Waals surface area contributed by atoms with Crippen LogP contribution in [0.4, 0.5) is 8.78 Å². The molecule has 0 saturated carbocycles. The third-order valence-corrected chi connectivity index (χ3v) is 4.27. The monoisotopic (exact) mass is 334 g/mol. The number of hydrogen-bond acceptors (Lipinski definition) is 2. The van der Waals surface area contributed by atoms with Gasteiger partial charge in [0.2, 0.25) is 0 Å². The lowest BCUT2D eigenvalue weighted by Gasteiger charge is -2.26. The molecule has 0 fully saturated rings. The van der Waals surface area contributed by atoms with E-state index in [4.69, 9.17) is 9.47 Å². The van der Waals surface area contributed by atoms with Crippen molar-refractivity contribution in [2.45, 2.75) is 26.3 Å². The van der Waals surface area contributed by atoms with Gasteiger partial charge in [0, 0.05) is 12.0 Å². The van der Waals surface area contributed by atoms with Crippen molar-refractivity contribution in [1.82, 2.24) is 0 Å². The average molecular weight is 334 g/mol. The number of quaternary nitrogens is 1. The molecule has 2 aromatic rings. The van der Waals surface area contributed by atoms with E-state index in [1.54, 1.807) is 0 Å². The number of fused-ring (bicyclic) bond motifs is 1. The molecule has 0 aliphatic carbocycles. The number of hydrogen-bond donors (Lipinski definition) is 1. The molecule has 1 aliphatic heterocycles. The molecule has 1 heterocycles. The molecule has 0 spiro atoms. The largest absolute Gasteiger partial charge is 0.490 e. The summed E-state index contributed by atoms with van der Waals surface area (Å²) in [5.41, 5.74) is 2.04. The Morgan fingerprint density at radius 3 is 2.29 bits per heavy atom. The van der Waals surface area contributed by atoms with E-state index in [9.17, 15) is 8.78 Å². The molecule has 0 radical (unpaired) electrons. The molecule has 0 bridgehead atoms. The highest BCUT2D eigenvalue weighted by atomic mass is 19.1. The quantitative estimate of drug-likeness (QED) is 0.912. The van der Waals surface area contributed by atoms with Crippen LogP contribution >= 0.6 is 0 Å². The summed E-state index contributed by atoms with van der Waals surface area (Å²) < 4.78 is 39.9. The lowest BCUT2D eigenvalue weighted by atomic mass is 9.89. The maximum absolute atomic E-state index is 14.3. The summed E-state index contributed by atoms with van der Waals surface area (Å²) in [5, 5.41) is 1.97. The molecule has 0 unspecified atom stereocenters. The van der Waals surface area contributed by atoms with Crippen LogP contribution < -0.4 is 14.8 Å². The summed E-state index contributed by atoms with van der Waals surface area (Å²) in [6.45, 7) is 5.62. The van der Waals surface area contributed by atoms with E-state index in [-0.39, 0.29) is 5.56 Å². The van der Waals surface area contributed by atoms with E-state index in [0.717, 1.165) is 24.1 Å². The Hall–Kier alpha value is -2.14. The van der Waals surface area contributed by atoms with Crippen LogP contribution in [0.1, 0.15) is 36.6 Å². The highest BCUT2D eigenvalue weighted by Crippen LogP contribution is 2.37. The molecule has 3 nitrogen and oxygen atoms in total. The van der Waals surface area contributed by atoms with Gasteiger partial charge in [-0.15, -0.1) is 0 Å². The number of ether oxygens (including phenoxy) is 2. The van der Waals surface area contributed by atoms with Gasteiger partial charge in [0.1, 0.15) is 17.7 Å². The van der Waals surface area contributed by atoms with Crippen LogP contribution in [-0.2, 0) is 6.42 Å². The van der Waals surface area contributed by atoms with Gasteiger partial charge in [0.25, 0.3) is 0 Å². The Balaban J connectivity index is 2.11. The summed E-state index contributed by atoms with van der Waals surface area (Å²) in [7, 11) is 0. The lowest BCUT2D eigenvalue weighted by molar-refractivity contribution is -0.690. The Morgan fingerprint density at radius 1 is 1.04 bits per heavy atom. The minimum Gasteiger partial charge on any atom is -0.490 e. The molecule has 24 heavy (non-hydrogen) atoms. The first-order valence-electron chi connectivity index (χ1n) is 8.35. The lowest BCUT2D eigenvalue weighted by Crippen LogP contribution is -2.87. The highest BCUT2D eigenvalue weighted by Gasteiger charge is 2.31. The molecule has 2 N–H and O–H groups in total. The normalized spacial score (nSPS) is 16.6. The zero-order valence-corrected chi connectivity index (χ0v) is 13.9. The van der Waals surface area contributed by atoms with Crippen molar-refractivity contribution in [2.24, 2.45) is 0 Å². The number of benzene rings is 2. The molecular formula is C19H22F2NO2+. The van der Waals surface area contributed by atoms with Gasteiger partial charge in [-0.05, 0) is 43.7 Å². The van der Waals surface area contributed by atoms with Crippen molar-refractivity contribution in [3.05, 3.63) is 58.7 Å². The Morgan fingerprint density at radius 2 is 1.67 bits per heavy atom. The molecule has 128 valence electrons. The van der Waals surface area contributed by atoms with Crippen molar-refractivity contribution >= 4 is 0 Å². The van der Waals surface area contributed by atoms with Crippen LogP contribution in [0.15, 0.2) is 30.3 Å².